The van der Waals surface area contributed by atoms with Crippen molar-refractivity contribution < 1.29 is 9.53 Å². The van der Waals surface area contributed by atoms with Crippen molar-refractivity contribution in [1.82, 2.24) is 0 Å². The Hall–Kier alpha value is -0.870. The van der Waals surface area contributed by atoms with Crippen molar-refractivity contribution >= 4 is 21.7 Å². The minimum absolute atomic E-state index is 0.0139. The molecule has 0 heterocycles. The summed E-state index contributed by atoms with van der Waals surface area (Å²) in [6.45, 7) is 1.95. The molecule has 4 atom stereocenters. The fraction of sp³-hybridized carbons (Fsp3) is 0.588. The summed E-state index contributed by atoms with van der Waals surface area (Å²) in [7, 11) is 0. The quantitative estimate of drug-likeness (QED) is 0.882. The molecule has 114 valence electrons. The Bertz CT molecular complexity index is 543. The predicted molar refractivity (Wildman–Crippen MR) is 86.2 cm³/mol. The van der Waals surface area contributed by atoms with Gasteiger partial charge in [0.1, 0.15) is 12.4 Å². The van der Waals surface area contributed by atoms with Crippen molar-refractivity contribution in [2.24, 2.45) is 23.5 Å². The van der Waals surface area contributed by atoms with E-state index >= 15 is 0 Å². The highest BCUT2D eigenvalue weighted by molar-refractivity contribution is 9.10. The number of carbonyl (C=O) groups excluding carboxylic acids is 1. The minimum atomic E-state index is -0.758. The SMILES string of the molecule is CC(N)(C(=O)COc1cccc(Br)c1)C1CC2CCC1C2. The lowest BCUT2D eigenvalue weighted by atomic mass is 9.73. The normalized spacial score (nSPS) is 30.1. The fourth-order valence-electron chi connectivity index (χ4n) is 4.05. The van der Waals surface area contributed by atoms with Crippen LogP contribution in [0.15, 0.2) is 28.7 Å². The number of carbonyl (C=O) groups is 1. The summed E-state index contributed by atoms with van der Waals surface area (Å²) < 4.78 is 6.56. The lowest BCUT2D eigenvalue weighted by Crippen LogP contribution is -2.54. The maximum atomic E-state index is 12.5. The number of Topliss-reactive ketones (excluding diaryl/α,β-unsaturated/α-hetero) is 1. The second-order valence-electron chi connectivity index (χ2n) is 6.73. The number of hydrogen-bond donors (Lipinski definition) is 1. The zero-order valence-corrected chi connectivity index (χ0v) is 13.9. The van der Waals surface area contributed by atoms with Gasteiger partial charge < -0.3 is 10.5 Å². The summed E-state index contributed by atoms with van der Waals surface area (Å²) in [5.74, 6) is 2.47. The Morgan fingerprint density at radius 2 is 2.24 bits per heavy atom. The summed E-state index contributed by atoms with van der Waals surface area (Å²) in [5.41, 5.74) is 5.65. The number of ether oxygens (including phenoxy) is 1. The number of halogens is 1. The zero-order valence-electron chi connectivity index (χ0n) is 12.3. The van der Waals surface area contributed by atoms with E-state index in [9.17, 15) is 4.79 Å². The zero-order chi connectivity index (χ0) is 15.0. The molecule has 21 heavy (non-hydrogen) atoms. The first kappa shape index (κ1) is 15.0. The molecule has 1 aromatic rings. The Morgan fingerprint density at radius 3 is 2.86 bits per heavy atom. The average Bonchev–Trinajstić information content (AvgIpc) is 3.07. The molecule has 1 aromatic carbocycles. The predicted octanol–water partition coefficient (Wildman–Crippen LogP) is 3.55. The molecule has 2 aliphatic carbocycles. The molecule has 3 rings (SSSR count). The van der Waals surface area contributed by atoms with E-state index in [1.807, 2.05) is 31.2 Å². The molecule has 3 nitrogen and oxygen atoms in total. The van der Waals surface area contributed by atoms with E-state index in [-0.39, 0.29) is 12.4 Å². The van der Waals surface area contributed by atoms with Gasteiger partial charge in [-0.2, -0.15) is 0 Å². The van der Waals surface area contributed by atoms with Crippen LogP contribution in [-0.4, -0.2) is 17.9 Å². The van der Waals surface area contributed by atoms with E-state index < -0.39 is 5.54 Å². The van der Waals surface area contributed by atoms with Gasteiger partial charge in [-0.25, -0.2) is 0 Å². The summed E-state index contributed by atoms with van der Waals surface area (Å²) in [6.07, 6.45) is 4.93. The first-order valence-corrected chi connectivity index (χ1v) is 8.46. The standard InChI is InChI=1S/C17H22BrNO2/c1-17(19,15-8-11-5-6-12(15)7-11)16(20)10-21-14-4-2-3-13(18)9-14/h2-4,9,11-12,15H,5-8,10,19H2,1H3. The molecular formula is C17H22BrNO2. The van der Waals surface area contributed by atoms with Gasteiger partial charge in [0.05, 0.1) is 5.54 Å². The number of hydrogen-bond acceptors (Lipinski definition) is 3. The molecule has 0 saturated heterocycles. The minimum Gasteiger partial charge on any atom is -0.486 e. The van der Waals surface area contributed by atoms with Crippen molar-refractivity contribution in [3.8, 4) is 5.75 Å². The van der Waals surface area contributed by atoms with Crippen LogP contribution in [0.1, 0.15) is 32.6 Å². The topological polar surface area (TPSA) is 52.3 Å². The highest BCUT2D eigenvalue weighted by atomic mass is 79.9. The van der Waals surface area contributed by atoms with Crippen molar-refractivity contribution in [1.29, 1.82) is 0 Å². The maximum Gasteiger partial charge on any atom is 0.189 e. The lowest BCUT2D eigenvalue weighted by molar-refractivity contribution is -0.128. The molecule has 4 heteroatoms. The Morgan fingerprint density at radius 1 is 1.43 bits per heavy atom. The van der Waals surface area contributed by atoms with Crippen LogP contribution in [0.4, 0.5) is 0 Å². The monoisotopic (exact) mass is 351 g/mol. The summed E-state index contributed by atoms with van der Waals surface area (Å²) >= 11 is 3.39. The van der Waals surface area contributed by atoms with Gasteiger partial charge in [-0.15, -0.1) is 0 Å². The van der Waals surface area contributed by atoms with E-state index in [1.54, 1.807) is 0 Å². The molecule has 2 aliphatic rings. The average molecular weight is 352 g/mol. The molecule has 2 bridgehead atoms. The maximum absolute atomic E-state index is 12.5. The molecule has 4 unspecified atom stereocenters. The van der Waals surface area contributed by atoms with Crippen molar-refractivity contribution in [2.45, 2.75) is 38.1 Å². The van der Waals surface area contributed by atoms with Gasteiger partial charge in [-0.1, -0.05) is 28.4 Å². The van der Waals surface area contributed by atoms with Crippen LogP contribution >= 0.6 is 15.9 Å². The second-order valence-corrected chi connectivity index (χ2v) is 7.65. The van der Waals surface area contributed by atoms with Gasteiger partial charge in [0, 0.05) is 4.47 Å². The van der Waals surface area contributed by atoms with Crippen LogP contribution < -0.4 is 10.5 Å². The third kappa shape index (κ3) is 3.02. The summed E-state index contributed by atoms with van der Waals surface area (Å²) in [6, 6.07) is 7.53. The second kappa shape index (κ2) is 5.73. The lowest BCUT2D eigenvalue weighted by Gasteiger charge is -2.35. The largest absolute Gasteiger partial charge is 0.486 e. The third-order valence-electron chi connectivity index (χ3n) is 5.28. The van der Waals surface area contributed by atoms with Crippen LogP contribution in [-0.2, 0) is 4.79 Å². The Kier molecular flexibility index (Phi) is 4.10. The molecular weight excluding hydrogens is 330 g/mol. The molecule has 0 amide bonds. The van der Waals surface area contributed by atoms with Gasteiger partial charge >= 0.3 is 0 Å². The van der Waals surface area contributed by atoms with E-state index in [0.29, 0.717) is 17.6 Å². The fourth-order valence-corrected chi connectivity index (χ4v) is 4.43. The molecule has 0 spiro atoms. The van der Waals surface area contributed by atoms with Crippen LogP contribution in [0.5, 0.6) is 5.75 Å². The number of benzene rings is 1. The van der Waals surface area contributed by atoms with Gasteiger partial charge in [0.25, 0.3) is 0 Å². The van der Waals surface area contributed by atoms with Crippen LogP contribution in [0.3, 0.4) is 0 Å². The smallest absolute Gasteiger partial charge is 0.189 e. The third-order valence-corrected chi connectivity index (χ3v) is 5.77. The summed E-state index contributed by atoms with van der Waals surface area (Å²) in [5, 5.41) is 0. The number of nitrogens with two attached hydrogens (primary N) is 1. The van der Waals surface area contributed by atoms with Gasteiger partial charge in [0.2, 0.25) is 0 Å². The number of rotatable bonds is 5. The molecule has 2 fully saturated rings. The Balaban J connectivity index is 1.61. The van der Waals surface area contributed by atoms with E-state index in [4.69, 9.17) is 10.5 Å². The highest BCUT2D eigenvalue weighted by Crippen LogP contribution is 2.51. The van der Waals surface area contributed by atoms with E-state index in [1.165, 1.54) is 19.3 Å². The summed E-state index contributed by atoms with van der Waals surface area (Å²) in [4.78, 5) is 12.5. The Labute approximate surface area is 134 Å². The molecule has 2 saturated carbocycles. The van der Waals surface area contributed by atoms with Crippen LogP contribution in [0.25, 0.3) is 0 Å². The van der Waals surface area contributed by atoms with Crippen LogP contribution in [0.2, 0.25) is 0 Å². The van der Waals surface area contributed by atoms with Gasteiger partial charge in [-0.05, 0) is 62.1 Å². The first-order valence-electron chi connectivity index (χ1n) is 7.67. The number of ketones is 1. The first-order chi connectivity index (χ1) is 9.96. The highest BCUT2D eigenvalue weighted by Gasteiger charge is 2.49. The van der Waals surface area contributed by atoms with Gasteiger partial charge in [-0.3, -0.25) is 4.79 Å². The van der Waals surface area contributed by atoms with Crippen molar-refractivity contribution in [3.63, 3.8) is 0 Å². The molecule has 0 radical (unpaired) electrons. The molecule has 0 aliphatic heterocycles. The van der Waals surface area contributed by atoms with Gasteiger partial charge in [0.15, 0.2) is 5.78 Å². The van der Waals surface area contributed by atoms with Crippen molar-refractivity contribution in [2.75, 3.05) is 6.61 Å². The molecule has 0 aromatic heterocycles. The van der Waals surface area contributed by atoms with E-state index in [2.05, 4.69) is 15.9 Å². The van der Waals surface area contributed by atoms with E-state index in [0.717, 1.165) is 16.8 Å². The van der Waals surface area contributed by atoms with Crippen molar-refractivity contribution in [3.05, 3.63) is 28.7 Å². The van der Waals surface area contributed by atoms with Crippen LogP contribution in [0, 0.1) is 17.8 Å². The molecule has 2 N–H and O–H groups in total. The number of fused-ring (bicyclic) bond motifs is 2.